The Kier molecular flexibility index (Phi) is 4.07. The van der Waals surface area contributed by atoms with Crippen molar-refractivity contribution >= 4 is 38.1 Å². The van der Waals surface area contributed by atoms with E-state index in [4.69, 9.17) is 0 Å². The largest absolute Gasteiger partial charge is 0.452 e. The molecule has 16 heavy (non-hydrogen) atoms. The van der Waals surface area contributed by atoms with E-state index in [1.54, 1.807) is 10.8 Å². The summed E-state index contributed by atoms with van der Waals surface area (Å²) in [6, 6.07) is 3.03. The smallest absolute Gasteiger partial charge is 0.422 e. The summed E-state index contributed by atoms with van der Waals surface area (Å²) in [5.41, 5.74) is 0. The van der Waals surface area contributed by atoms with Gasteiger partial charge in [-0.05, 0) is 28.1 Å². The Morgan fingerprint density at radius 1 is 1.50 bits per heavy atom. The Morgan fingerprint density at radius 3 is 2.69 bits per heavy atom. The zero-order valence-corrected chi connectivity index (χ0v) is 10.5. The van der Waals surface area contributed by atoms with Gasteiger partial charge in [0, 0.05) is 10.7 Å². The summed E-state index contributed by atoms with van der Waals surface area (Å²) >= 11 is 3.15. The van der Waals surface area contributed by atoms with Crippen LogP contribution < -0.4 is 9.44 Å². The monoisotopic (exact) mass is 309 g/mol. The summed E-state index contributed by atoms with van der Waals surface area (Å²) in [5.74, 6) is 0.0830. The minimum atomic E-state index is -4.01. The first-order chi connectivity index (χ1) is 7.43. The quantitative estimate of drug-likeness (QED) is 0.863. The van der Waals surface area contributed by atoms with E-state index in [1.807, 2.05) is 4.72 Å². The molecule has 0 radical (unpaired) electrons. The Labute approximate surface area is 101 Å². The lowest BCUT2D eigenvalue weighted by Gasteiger charge is -2.07. The predicted molar refractivity (Wildman–Crippen MR) is 60.0 cm³/mol. The van der Waals surface area contributed by atoms with Crippen molar-refractivity contribution in [3.8, 4) is 0 Å². The molecule has 0 unspecified atom stereocenters. The highest BCUT2D eigenvalue weighted by Crippen LogP contribution is 2.11. The lowest BCUT2D eigenvalue weighted by atomic mass is 10.5. The van der Waals surface area contributed by atoms with E-state index >= 15 is 0 Å². The molecular formula is C7H8BrN3O4S. The standard InChI is InChI=1S/C7H8BrN3O4S/c1-15-7(12)11-16(13,14)10-6-3-2-5(8)4-9-6/h2-4H,1H3,(H,9,10)(H,11,12). The molecule has 0 fully saturated rings. The van der Waals surface area contributed by atoms with Gasteiger partial charge in [0.15, 0.2) is 0 Å². The zero-order chi connectivity index (χ0) is 12.2. The highest BCUT2D eigenvalue weighted by molar-refractivity contribution is 9.10. The number of carbonyl (C=O) groups is 1. The molecule has 0 bridgehead atoms. The van der Waals surface area contributed by atoms with Crippen LogP contribution in [0.4, 0.5) is 10.6 Å². The molecule has 0 atom stereocenters. The summed E-state index contributed by atoms with van der Waals surface area (Å²) in [4.78, 5) is 14.5. The summed E-state index contributed by atoms with van der Waals surface area (Å²) in [6.45, 7) is 0. The van der Waals surface area contributed by atoms with Crippen molar-refractivity contribution in [2.75, 3.05) is 11.8 Å². The van der Waals surface area contributed by atoms with Gasteiger partial charge in [-0.1, -0.05) is 0 Å². The topological polar surface area (TPSA) is 97.4 Å². The fourth-order valence-electron chi connectivity index (χ4n) is 0.751. The van der Waals surface area contributed by atoms with Crippen molar-refractivity contribution in [2.45, 2.75) is 0 Å². The molecule has 0 spiro atoms. The first-order valence-electron chi connectivity index (χ1n) is 3.93. The SMILES string of the molecule is COC(=O)NS(=O)(=O)Nc1ccc(Br)cn1. The normalized spacial score (nSPS) is 10.6. The molecule has 0 aliphatic rings. The highest BCUT2D eigenvalue weighted by Gasteiger charge is 2.14. The van der Waals surface area contributed by atoms with Crippen LogP contribution in [-0.2, 0) is 14.9 Å². The van der Waals surface area contributed by atoms with Gasteiger partial charge in [-0.2, -0.15) is 8.42 Å². The molecule has 1 rings (SSSR count). The summed E-state index contributed by atoms with van der Waals surface area (Å²) in [5, 5.41) is 0. The Balaban J connectivity index is 2.73. The van der Waals surface area contributed by atoms with Crippen molar-refractivity contribution in [3.05, 3.63) is 22.8 Å². The van der Waals surface area contributed by atoms with E-state index in [0.717, 1.165) is 7.11 Å². The van der Waals surface area contributed by atoms with Crippen molar-refractivity contribution in [1.82, 2.24) is 9.71 Å². The lowest BCUT2D eigenvalue weighted by Crippen LogP contribution is -2.35. The molecule has 88 valence electrons. The number of anilines is 1. The van der Waals surface area contributed by atoms with Gasteiger partial charge in [0.1, 0.15) is 5.82 Å². The third kappa shape index (κ3) is 4.03. The third-order valence-corrected chi connectivity index (χ3v) is 2.75. The average molecular weight is 310 g/mol. The maximum Gasteiger partial charge on any atom is 0.422 e. The van der Waals surface area contributed by atoms with Gasteiger partial charge in [0.25, 0.3) is 0 Å². The number of hydrogen-bond donors (Lipinski definition) is 2. The molecular weight excluding hydrogens is 302 g/mol. The van der Waals surface area contributed by atoms with Crippen molar-refractivity contribution in [2.24, 2.45) is 0 Å². The number of pyridine rings is 1. The van der Waals surface area contributed by atoms with E-state index in [0.29, 0.717) is 4.47 Å². The van der Waals surface area contributed by atoms with E-state index in [9.17, 15) is 13.2 Å². The molecule has 9 heteroatoms. The Bertz CT molecular complexity index is 473. The number of carbonyl (C=O) groups excluding carboxylic acids is 1. The minimum absolute atomic E-state index is 0.0830. The number of hydrogen-bond acceptors (Lipinski definition) is 5. The molecule has 0 aliphatic heterocycles. The van der Waals surface area contributed by atoms with E-state index < -0.39 is 16.3 Å². The number of methoxy groups -OCH3 is 1. The number of halogens is 1. The number of rotatable bonds is 3. The maximum atomic E-state index is 11.3. The van der Waals surface area contributed by atoms with Gasteiger partial charge in [-0.25, -0.2) is 14.5 Å². The van der Waals surface area contributed by atoms with Crippen LogP contribution in [0.2, 0.25) is 0 Å². The molecule has 1 heterocycles. The molecule has 7 nitrogen and oxygen atoms in total. The summed E-state index contributed by atoms with van der Waals surface area (Å²) < 4.78 is 31.1. The molecule has 0 aromatic carbocycles. The van der Waals surface area contributed by atoms with Crippen molar-refractivity contribution in [1.29, 1.82) is 0 Å². The zero-order valence-electron chi connectivity index (χ0n) is 8.10. The van der Waals surface area contributed by atoms with Crippen LogP contribution in [0.3, 0.4) is 0 Å². The van der Waals surface area contributed by atoms with Crippen LogP contribution in [-0.4, -0.2) is 26.6 Å². The molecule has 1 aromatic rings. The van der Waals surface area contributed by atoms with E-state index in [2.05, 4.69) is 25.7 Å². The minimum Gasteiger partial charge on any atom is -0.452 e. The van der Waals surface area contributed by atoms with Gasteiger partial charge in [-0.15, -0.1) is 0 Å². The van der Waals surface area contributed by atoms with Crippen LogP contribution in [0.5, 0.6) is 0 Å². The first-order valence-corrected chi connectivity index (χ1v) is 6.20. The molecule has 0 aliphatic carbocycles. The van der Waals surface area contributed by atoms with Gasteiger partial charge in [0.05, 0.1) is 7.11 Å². The number of nitrogens with zero attached hydrogens (tertiary/aromatic N) is 1. The fourth-order valence-corrected chi connectivity index (χ4v) is 1.74. The van der Waals surface area contributed by atoms with Crippen molar-refractivity contribution in [3.63, 3.8) is 0 Å². The second kappa shape index (κ2) is 5.12. The third-order valence-electron chi connectivity index (χ3n) is 1.37. The second-order valence-corrected chi connectivity index (χ2v) is 4.89. The Morgan fingerprint density at radius 2 is 2.19 bits per heavy atom. The van der Waals surface area contributed by atoms with Crippen LogP contribution in [0.25, 0.3) is 0 Å². The summed E-state index contributed by atoms with van der Waals surface area (Å²) in [6.07, 6.45) is 0.334. The molecule has 0 saturated carbocycles. The van der Waals surface area contributed by atoms with Crippen LogP contribution >= 0.6 is 15.9 Å². The van der Waals surface area contributed by atoms with Gasteiger partial charge in [-0.3, -0.25) is 4.72 Å². The van der Waals surface area contributed by atoms with Crippen LogP contribution in [0, 0.1) is 0 Å². The first kappa shape index (κ1) is 12.7. The van der Waals surface area contributed by atoms with E-state index in [-0.39, 0.29) is 5.82 Å². The molecule has 0 saturated heterocycles. The molecule has 2 N–H and O–H groups in total. The van der Waals surface area contributed by atoms with Gasteiger partial charge < -0.3 is 4.74 Å². The molecule has 1 aromatic heterocycles. The van der Waals surface area contributed by atoms with Gasteiger partial charge >= 0.3 is 16.3 Å². The summed E-state index contributed by atoms with van der Waals surface area (Å²) in [7, 11) is -2.95. The number of amides is 1. The second-order valence-electron chi connectivity index (χ2n) is 2.56. The van der Waals surface area contributed by atoms with Crippen molar-refractivity contribution < 1.29 is 17.9 Å². The number of nitrogens with one attached hydrogen (secondary N) is 2. The van der Waals surface area contributed by atoms with Gasteiger partial charge in [0.2, 0.25) is 0 Å². The predicted octanol–water partition coefficient (Wildman–Crippen LogP) is 0.857. The number of ether oxygens (including phenoxy) is 1. The fraction of sp³-hybridized carbons (Fsp3) is 0.143. The molecule has 1 amide bonds. The Hall–Kier alpha value is -1.35. The highest BCUT2D eigenvalue weighted by atomic mass is 79.9. The maximum absolute atomic E-state index is 11.3. The van der Waals surface area contributed by atoms with Crippen LogP contribution in [0.1, 0.15) is 0 Å². The lowest BCUT2D eigenvalue weighted by molar-refractivity contribution is 0.177. The average Bonchev–Trinajstić information content (AvgIpc) is 2.20. The van der Waals surface area contributed by atoms with Crippen LogP contribution in [0.15, 0.2) is 22.8 Å². The van der Waals surface area contributed by atoms with E-state index in [1.165, 1.54) is 12.3 Å². The number of aromatic nitrogens is 1.